The van der Waals surface area contributed by atoms with Gasteiger partial charge >= 0.3 is 19.8 Å². The molecule has 59 heavy (non-hydrogen) atoms. The molecule has 340 valence electrons. The van der Waals surface area contributed by atoms with Gasteiger partial charge in [0.05, 0.1) is 33.9 Å². The number of allylic oxidation sites excluding steroid dienone is 10. The third-order valence-corrected chi connectivity index (χ3v) is 10.3. The van der Waals surface area contributed by atoms with Crippen molar-refractivity contribution in [3.8, 4) is 0 Å². The third kappa shape index (κ3) is 43.3. The highest BCUT2D eigenvalue weighted by Gasteiger charge is 2.27. The summed E-state index contributed by atoms with van der Waals surface area (Å²) >= 11 is 0. The van der Waals surface area contributed by atoms with Crippen LogP contribution in [0.25, 0.3) is 0 Å². The molecule has 0 aliphatic rings. The van der Waals surface area contributed by atoms with Gasteiger partial charge in [0.15, 0.2) is 6.10 Å². The molecule has 10 nitrogen and oxygen atoms in total. The van der Waals surface area contributed by atoms with E-state index in [4.69, 9.17) is 18.5 Å². The lowest BCUT2D eigenvalue weighted by atomic mass is 10.0. The smallest absolute Gasteiger partial charge is 0.462 e. The molecule has 0 rings (SSSR count). The van der Waals surface area contributed by atoms with Crippen molar-refractivity contribution in [1.29, 1.82) is 0 Å². The normalized spacial score (nSPS) is 14.8. The van der Waals surface area contributed by atoms with Gasteiger partial charge in [-0.3, -0.25) is 18.6 Å². The predicted molar refractivity (Wildman–Crippen MR) is 244 cm³/mol. The van der Waals surface area contributed by atoms with Gasteiger partial charge in [-0.2, -0.15) is 0 Å². The van der Waals surface area contributed by atoms with Gasteiger partial charge in [0.25, 0.3) is 0 Å². The van der Waals surface area contributed by atoms with Crippen LogP contribution in [-0.2, 0) is 32.7 Å². The van der Waals surface area contributed by atoms with Crippen LogP contribution < -0.4 is 0 Å². The van der Waals surface area contributed by atoms with Crippen LogP contribution in [0.5, 0.6) is 0 Å². The summed E-state index contributed by atoms with van der Waals surface area (Å²) in [5.74, 6) is -0.919. The van der Waals surface area contributed by atoms with E-state index in [1.165, 1.54) is 70.6 Å². The van der Waals surface area contributed by atoms with Crippen molar-refractivity contribution in [2.75, 3.05) is 47.5 Å². The highest BCUT2D eigenvalue weighted by atomic mass is 31.2. The number of phosphoric ester groups is 1. The molecule has 11 heteroatoms. The minimum absolute atomic E-state index is 0.0118. The van der Waals surface area contributed by atoms with Crippen molar-refractivity contribution >= 4 is 19.8 Å². The maximum Gasteiger partial charge on any atom is 0.472 e. The van der Waals surface area contributed by atoms with Crippen LogP contribution in [0.3, 0.4) is 0 Å². The summed E-state index contributed by atoms with van der Waals surface area (Å²) in [5, 5.41) is 9.85. The van der Waals surface area contributed by atoms with Gasteiger partial charge in [-0.05, 0) is 44.9 Å². The maximum absolute atomic E-state index is 12.7. The lowest BCUT2D eigenvalue weighted by molar-refractivity contribution is -0.870. The molecule has 0 aromatic rings. The van der Waals surface area contributed by atoms with E-state index >= 15 is 0 Å². The minimum atomic E-state index is -4.40. The Morgan fingerprint density at radius 1 is 0.627 bits per heavy atom. The molecule has 0 aliphatic heterocycles. The number of aliphatic hydroxyl groups excluding tert-OH is 1. The largest absolute Gasteiger partial charge is 0.472 e. The van der Waals surface area contributed by atoms with Crippen molar-refractivity contribution in [2.24, 2.45) is 0 Å². The molecule has 0 bridgehead atoms. The molecule has 0 saturated carbocycles. The van der Waals surface area contributed by atoms with Gasteiger partial charge in [-0.15, -0.1) is 0 Å². The average molecular weight is 851 g/mol. The van der Waals surface area contributed by atoms with E-state index in [0.717, 1.165) is 44.9 Å². The number of carbonyl (C=O) groups is 2. The number of ether oxygens (including phenoxy) is 2. The van der Waals surface area contributed by atoms with Crippen molar-refractivity contribution in [3.63, 3.8) is 0 Å². The Labute approximate surface area is 360 Å². The van der Waals surface area contributed by atoms with E-state index in [9.17, 15) is 24.2 Å². The first kappa shape index (κ1) is 56.4. The third-order valence-electron chi connectivity index (χ3n) is 9.34. The van der Waals surface area contributed by atoms with Gasteiger partial charge in [0, 0.05) is 12.8 Å². The number of esters is 2. The molecular weight excluding hydrogens is 765 g/mol. The average Bonchev–Trinajstić information content (AvgIpc) is 3.18. The Balaban J connectivity index is 4.49. The lowest BCUT2D eigenvalue weighted by Gasteiger charge is -2.24. The van der Waals surface area contributed by atoms with Gasteiger partial charge in [0.1, 0.15) is 19.8 Å². The molecule has 0 amide bonds. The summed E-state index contributed by atoms with van der Waals surface area (Å²) in [4.78, 5) is 35.4. The Morgan fingerprint density at radius 3 is 1.73 bits per heavy atom. The van der Waals surface area contributed by atoms with E-state index in [-0.39, 0.29) is 26.1 Å². The standard InChI is InChI=1S/C48H84NO9P/c1-6-8-10-11-12-13-14-15-16-19-23-26-29-32-36-40-48(52)58-46(44-57-59(53,54)56-42-41-49(3,4)5)43-55-47(51)39-35-31-28-25-22-20-17-18-21-24-27-30-34-38-45(50)37-33-9-7-2/h9,18,20-22,27-28,30-31,33-34,38,45-46,50H,6-8,10-17,19,23-26,29,32,35-37,39-44H2,1-5H3/p+1/b21-18-,22-20-,30-27+,31-28-,33-9-,38-34+/t45?,46-/m1/s1. The Morgan fingerprint density at radius 2 is 1.17 bits per heavy atom. The van der Waals surface area contributed by atoms with Crippen LogP contribution in [0, 0.1) is 0 Å². The van der Waals surface area contributed by atoms with Crippen LogP contribution in [0.2, 0.25) is 0 Å². The van der Waals surface area contributed by atoms with Gasteiger partial charge in [-0.1, -0.05) is 177 Å². The van der Waals surface area contributed by atoms with Crippen LogP contribution in [0.15, 0.2) is 72.9 Å². The van der Waals surface area contributed by atoms with Crippen LogP contribution >= 0.6 is 7.82 Å². The molecule has 2 N–H and O–H groups in total. The molecular formula is C48H85NO9P+. The Bertz CT molecular complexity index is 1250. The number of aliphatic hydroxyl groups is 1. The van der Waals surface area contributed by atoms with Gasteiger partial charge < -0.3 is 24.0 Å². The highest BCUT2D eigenvalue weighted by molar-refractivity contribution is 7.47. The fraction of sp³-hybridized carbons (Fsp3) is 0.708. The summed E-state index contributed by atoms with van der Waals surface area (Å²) in [6, 6.07) is 0. The number of nitrogens with zero attached hydrogens (tertiary/aromatic N) is 1. The van der Waals surface area contributed by atoms with Gasteiger partial charge in [-0.25, -0.2) is 4.57 Å². The number of unbranched alkanes of at least 4 members (excludes halogenated alkanes) is 14. The number of rotatable bonds is 40. The molecule has 0 heterocycles. The summed E-state index contributed by atoms with van der Waals surface area (Å²) in [7, 11) is 1.41. The zero-order valence-corrected chi connectivity index (χ0v) is 38.7. The molecule has 2 unspecified atom stereocenters. The lowest BCUT2D eigenvalue weighted by Crippen LogP contribution is -2.37. The van der Waals surface area contributed by atoms with Crippen LogP contribution in [0.1, 0.15) is 162 Å². The zero-order chi connectivity index (χ0) is 43.7. The molecule has 0 fully saturated rings. The van der Waals surface area contributed by atoms with E-state index in [1.54, 1.807) is 6.08 Å². The fourth-order valence-corrected chi connectivity index (χ4v) is 6.51. The quantitative estimate of drug-likeness (QED) is 0.0155. The number of likely N-dealkylation sites (N-methyl/N-ethyl adjacent to an activating group) is 1. The number of carbonyl (C=O) groups excluding carboxylic acids is 2. The predicted octanol–water partition coefficient (Wildman–Crippen LogP) is 12.0. The zero-order valence-electron chi connectivity index (χ0n) is 37.8. The maximum atomic E-state index is 12.7. The molecule has 0 aromatic carbocycles. The minimum Gasteiger partial charge on any atom is -0.462 e. The number of phosphoric acid groups is 1. The number of quaternary nitrogens is 1. The molecule has 0 saturated heterocycles. The second kappa shape index (κ2) is 39.5. The van der Waals surface area contributed by atoms with Gasteiger partial charge in [0.2, 0.25) is 0 Å². The van der Waals surface area contributed by atoms with E-state index in [0.29, 0.717) is 30.3 Å². The first-order valence-electron chi connectivity index (χ1n) is 22.8. The second-order valence-electron chi connectivity index (χ2n) is 16.3. The van der Waals surface area contributed by atoms with Crippen molar-refractivity contribution in [3.05, 3.63) is 72.9 Å². The fourth-order valence-electron chi connectivity index (χ4n) is 5.77. The molecule has 3 atom stereocenters. The van der Waals surface area contributed by atoms with Crippen molar-refractivity contribution < 1.29 is 47.2 Å². The molecule has 0 radical (unpaired) electrons. The van der Waals surface area contributed by atoms with Crippen molar-refractivity contribution in [2.45, 2.75) is 174 Å². The second-order valence-corrected chi connectivity index (χ2v) is 17.7. The summed E-state index contributed by atoms with van der Waals surface area (Å²) < 4.78 is 34.2. The first-order valence-corrected chi connectivity index (χ1v) is 24.3. The van der Waals surface area contributed by atoms with E-state index in [2.05, 4.69) is 44.2 Å². The molecule has 0 spiro atoms. The summed E-state index contributed by atoms with van der Waals surface area (Å²) in [6.07, 6.45) is 45.8. The van der Waals surface area contributed by atoms with E-state index < -0.39 is 38.6 Å². The van der Waals surface area contributed by atoms with E-state index in [1.807, 2.05) is 57.6 Å². The first-order chi connectivity index (χ1) is 28.4. The summed E-state index contributed by atoms with van der Waals surface area (Å²) in [6.45, 7) is 4.11. The molecule has 0 aliphatic carbocycles. The highest BCUT2D eigenvalue weighted by Crippen LogP contribution is 2.43. The SMILES string of the molecule is CC/C=C\CC(O)/C=C/C=C/C/C=C\C/C=C\C/C=C\CCC(=O)OC[C@H](COP(=O)(O)OCC[N+](C)(C)C)OC(=O)CCCCCCCCCCCCCCCCC. The van der Waals surface area contributed by atoms with Crippen LogP contribution in [0.4, 0.5) is 0 Å². The number of hydrogen-bond acceptors (Lipinski definition) is 8. The summed E-state index contributed by atoms with van der Waals surface area (Å²) in [5.41, 5.74) is 0. The van der Waals surface area contributed by atoms with Crippen molar-refractivity contribution in [1.82, 2.24) is 0 Å². The Hall–Kier alpha value is -2.59. The van der Waals surface area contributed by atoms with Crippen LogP contribution in [-0.4, -0.2) is 86.1 Å². The number of hydrogen-bond donors (Lipinski definition) is 2. The topological polar surface area (TPSA) is 129 Å². The Kier molecular flexibility index (Phi) is 37.8. The molecule has 0 aromatic heterocycles. The monoisotopic (exact) mass is 851 g/mol.